The summed E-state index contributed by atoms with van der Waals surface area (Å²) >= 11 is 0. The molecule has 2 fully saturated rings. The van der Waals surface area contributed by atoms with E-state index in [1.165, 1.54) is 48.7 Å². The Balaban J connectivity index is 1.40. The fourth-order valence-electron chi connectivity index (χ4n) is 5.57. The number of benzene rings is 2. The van der Waals surface area contributed by atoms with Crippen LogP contribution in [0.4, 0.5) is 0 Å². The van der Waals surface area contributed by atoms with Crippen LogP contribution in [0.5, 0.6) is 34.5 Å². The average molecular weight is 572 g/mol. The Bertz CT molecular complexity index is 1240. The zero-order valence-corrected chi connectivity index (χ0v) is 24.4. The van der Waals surface area contributed by atoms with Crippen molar-refractivity contribution in [3.05, 3.63) is 41.5 Å². The van der Waals surface area contributed by atoms with Crippen LogP contribution in [0.15, 0.2) is 30.3 Å². The molecule has 11 nitrogen and oxygen atoms in total. The monoisotopic (exact) mass is 571 g/mol. The third kappa shape index (κ3) is 6.30. The number of esters is 2. The zero-order chi connectivity index (χ0) is 29.7. The van der Waals surface area contributed by atoms with Crippen LogP contribution in [0.1, 0.15) is 35.2 Å². The van der Waals surface area contributed by atoms with Crippen molar-refractivity contribution in [3.8, 4) is 34.5 Å². The number of nitrogens with zero attached hydrogens (tertiary/aromatic N) is 1. The van der Waals surface area contributed by atoms with Gasteiger partial charge in [0.2, 0.25) is 11.5 Å². The van der Waals surface area contributed by atoms with E-state index in [1.54, 1.807) is 30.3 Å². The highest BCUT2D eigenvalue weighted by Crippen LogP contribution is 2.41. The van der Waals surface area contributed by atoms with Gasteiger partial charge in [0, 0.05) is 31.4 Å². The molecule has 2 aliphatic rings. The number of carbonyl (C=O) groups excluding carboxylic acids is 2. The number of hydrogen-bond donors (Lipinski definition) is 0. The first-order valence-electron chi connectivity index (χ1n) is 13.2. The van der Waals surface area contributed by atoms with Gasteiger partial charge in [-0.2, -0.15) is 0 Å². The standard InChI is InChI=1S/C30H37NO10/c1-31-19-14-20(40-30(33)18-12-25(36-4)29(39-7)26(13-18)37-5)16-21(31)22(15-19)41-27(32)9-8-17-10-23(34-2)28(38-6)24(11-17)35-3/h8-13,19-22H,14-16H2,1-7H3/t19?,20?,21?,22-/m0/s1. The van der Waals surface area contributed by atoms with E-state index in [0.717, 1.165) is 0 Å². The first-order valence-corrected chi connectivity index (χ1v) is 13.2. The summed E-state index contributed by atoms with van der Waals surface area (Å²) in [6, 6.07) is 6.66. The second-order valence-corrected chi connectivity index (χ2v) is 9.80. The normalized spacial score (nSPS) is 21.7. The predicted molar refractivity (Wildman–Crippen MR) is 150 cm³/mol. The van der Waals surface area contributed by atoms with E-state index in [4.69, 9.17) is 37.9 Å². The van der Waals surface area contributed by atoms with Crippen molar-refractivity contribution in [3.63, 3.8) is 0 Å². The van der Waals surface area contributed by atoms with Crippen LogP contribution < -0.4 is 28.4 Å². The Labute approximate surface area is 239 Å². The molecule has 0 radical (unpaired) electrons. The average Bonchev–Trinajstić information content (AvgIpc) is 3.14. The summed E-state index contributed by atoms with van der Waals surface area (Å²) in [5, 5.41) is 0. The largest absolute Gasteiger partial charge is 0.493 e. The third-order valence-corrected chi connectivity index (χ3v) is 7.61. The molecule has 222 valence electrons. The van der Waals surface area contributed by atoms with E-state index in [9.17, 15) is 9.59 Å². The minimum atomic E-state index is -0.486. The van der Waals surface area contributed by atoms with Gasteiger partial charge in [-0.15, -0.1) is 0 Å². The summed E-state index contributed by atoms with van der Waals surface area (Å²) in [5.74, 6) is 1.62. The van der Waals surface area contributed by atoms with Gasteiger partial charge >= 0.3 is 11.9 Å². The molecule has 2 aliphatic heterocycles. The van der Waals surface area contributed by atoms with E-state index in [1.807, 2.05) is 7.05 Å². The molecule has 41 heavy (non-hydrogen) atoms. The number of likely N-dealkylation sites (N-methyl/N-ethyl adjacent to an activating group) is 1. The maximum absolute atomic E-state index is 13.1. The Kier molecular flexibility index (Phi) is 9.49. The van der Waals surface area contributed by atoms with Crippen LogP contribution in [-0.2, 0) is 14.3 Å². The summed E-state index contributed by atoms with van der Waals surface area (Å²) in [4.78, 5) is 28.0. The summed E-state index contributed by atoms with van der Waals surface area (Å²) in [5.41, 5.74) is 0.989. The molecule has 0 saturated carbocycles. The van der Waals surface area contributed by atoms with Gasteiger partial charge in [-0.1, -0.05) is 0 Å². The SMILES string of the molecule is COc1cc(C=CC(=O)O[C@H]2CC3CC(OC(=O)c4cc(OC)c(OC)c(OC)c4)CC2N3C)cc(OC)c1OC. The fourth-order valence-corrected chi connectivity index (χ4v) is 5.57. The van der Waals surface area contributed by atoms with E-state index < -0.39 is 11.9 Å². The van der Waals surface area contributed by atoms with Crippen LogP contribution >= 0.6 is 0 Å². The molecule has 3 unspecified atom stereocenters. The smallest absolute Gasteiger partial charge is 0.338 e. The fraction of sp³-hybridized carbons (Fsp3) is 0.467. The lowest BCUT2D eigenvalue weighted by molar-refractivity contribution is -0.144. The van der Waals surface area contributed by atoms with E-state index >= 15 is 0 Å². The molecule has 0 spiro atoms. The molecule has 4 atom stereocenters. The summed E-state index contributed by atoms with van der Waals surface area (Å²) in [6.07, 6.45) is 4.20. The first-order chi connectivity index (χ1) is 19.8. The number of fused-ring (bicyclic) bond motifs is 2. The highest BCUT2D eigenvalue weighted by Gasteiger charge is 2.47. The molecule has 4 rings (SSSR count). The van der Waals surface area contributed by atoms with Crippen molar-refractivity contribution in [1.82, 2.24) is 4.90 Å². The van der Waals surface area contributed by atoms with Gasteiger partial charge in [0.15, 0.2) is 23.0 Å². The predicted octanol–water partition coefficient (Wildman–Crippen LogP) is 3.76. The van der Waals surface area contributed by atoms with Crippen LogP contribution in [0.2, 0.25) is 0 Å². The molecule has 0 aliphatic carbocycles. The Morgan fingerprint density at radius 3 is 1.78 bits per heavy atom. The van der Waals surface area contributed by atoms with E-state index in [2.05, 4.69) is 4.90 Å². The molecule has 0 N–H and O–H groups in total. The van der Waals surface area contributed by atoms with Crippen molar-refractivity contribution < 1.29 is 47.5 Å². The van der Waals surface area contributed by atoms with Crippen LogP contribution in [0, 0.1) is 0 Å². The second-order valence-electron chi connectivity index (χ2n) is 9.80. The second kappa shape index (κ2) is 13.0. The molecule has 0 amide bonds. The quantitative estimate of drug-likeness (QED) is 0.290. The molecule has 2 aromatic rings. The number of carbonyl (C=O) groups is 2. The summed E-state index contributed by atoms with van der Waals surface area (Å²) in [7, 11) is 11.1. The number of methoxy groups -OCH3 is 6. The molecule has 2 saturated heterocycles. The van der Waals surface area contributed by atoms with Gasteiger partial charge < -0.3 is 37.9 Å². The van der Waals surface area contributed by atoms with Gasteiger partial charge in [0.1, 0.15) is 12.2 Å². The maximum atomic E-state index is 13.1. The topological polar surface area (TPSA) is 111 Å². The summed E-state index contributed by atoms with van der Waals surface area (Å²) < 4.78 is 43.9. The molecule has 11 heteroatoms. The van der Waals surface area contributed by atoms with Crippen molar-refractivity contribution in [1.29, 1.82) is 0 Å². The van der Waals surface area contributed by atoms with Crippen LogP contribution in [0.3, 0.4) is 0 Å². The number of rotatable bonds is 11. The molecular weight excluding hydrogens is 534 g/mol. The number of piperidine rings is 1. The van der Waals surface area contributed by atoms with Crippen molar-refractivity contribution in [2.45, 2.75) is 43.6 Å². The number of hydrogen-bond acceptors (Lipinski definition) is 11. The zero-order valence-electron chi connectivity index (χ0n) is 24.4. The van der Waals surface area contributed by atoms with E-state index in [-0.39, 0.29) is 24.3 Å². The highest BCUT2D eigenvalue weighted by atomic mass is 16.6. The van der Waals surface area contributed by atoms with Gasteiger partial charge in [-0.25, -0.2) is 9.59 Å². The minimum Gasteiger partial charge on any atom is -0.493 e. The molecule has 0 aromatic heterocycles. The Morgan fingerprint density at radius 1 is 0.732 bits per heavy atom. The molecule has 2 heterocycles. The van der Waals surface area contributed by atoms with Crippen molar-refractivity contribution >= 4 is 18.0 Å². The highest BCUT2D eigenvalue weighted by molar-refractivity contribution is 5.91. The molecule has 2 bridgehead atoms. The van der Waals surface area contributed by atoms with E-state index in [0.29, 0.717) is 64.9 Å². The third-order valence-electron chi connectivity index (χ3n) is 7.61. The van der Waals surface area contributed by atoms with Crippen molar-refractivity contribution in [2.24, 2.45) is 0 Å². The van der Waals surface area contributed by atoms with Gasteiger partial charge in [0.25, 0.3) is 0 Å². The van der Waals surface area contributed by atoms with Crippen molar-refractivity contribution in [2.75, 3.05) is 49.7 Å². The summed E-state index contributed by atoms with van der Waals surface area (Å²) in [6.45, 7) is 0. The van der Waals surface area contributed by atoms with Gasteiger partial charge in [0.05, 0.1) is 54.3 Å². The maximum Gasteiger partial charge on any atom is 0.338 e. The lowest BCUT2D eigenvalue weighted by Crippen LogP contribution is -2.46. The van der Waals surface area contributed by atoms with Crippen LogP contribution in [-0.4, -0.2) is 90.8 Å². The first kappa shape index (κ1) is 29.9. The van der Waals surface area contributed by atoms with Gasteiger partial charge in [-0.3, -0.25) is 4.90 Å². The lowest BCUT2D eigenvalue weighted by atomic mass is 10.00. The van der Waals surface area contributed by atoms with Crippen LogP contribution in [0.25, 0.3) is 6.08 Å². The Morgan fingerprint density at radius 2 is 1.27 bits per heavy atom. The Hall–Kier alpha value is -4.12. The minimum absolute atomic E-state index is 0.0787. The molecule has 2 aromatic carbocycles. The van der Waals surface area contributed by atoms with Gasteiger partial charge in [-0.05, 0) is 43.0 Å². The number of ether oxygens (including phenoxy) is 8. The lowest BCUT2D eigenvalue weighted by Gasteiger charge is -2.36. The molecular formula is C30H37NO10.